The zero-order valence-electron chi connectivity index (χ0n) is 13.8. The molecule has 1 amide bonds. The molecule has 4 nitrogen and oxygen atoms in total. The van der Waals surface area contributed by atoms with Crippen molar-refractivity contribution in [3.05, 3.63) is 71.3 Å². The number of methoxy groups -OCH3 is 1. The molecule has 1 aliphatic rings. The average Bonchev–Trinajstić information content (AvgIpc) is 2.90. The Hall–Kier alpha value is -2.59. The Morgan fingerprint density at radius 2 is 1.92 bits per heavy atom. The van der Waals surface area contributed by atoms with E-state index in [2.05, 4.69) is 5.32 Å². The molecule has 2 aromatic carbocycles. The van der Waals surface area contributed by atoms with E-state index in [0.717, 1.165) is 28.0 Å². The number of nitrogens with one attached hydrogen (secondary N) is 1. The summed E-state index contributed by atoms with van der Waals surface area (Å²) in [5, 5.41) is 13.2. The number of aliphatic hydroxyl groups is 1. The van der Waals surface area contributed by atoms with E-state index in [4.69, 9.17) is 4.74 Å². The highest BCUT2D eigenvalue weighted by atomic mass is 16.5. The molecule has 2 aromatic rings. The van der Waals surface area contributed by atoms with E-state index < -0.39 is 6.10 Å². The summed E-state index contributed by atoms with van der Waals surface area (Å²) in [7, 11) is 1.61. The van der Waals surface area contributed by atoms with E-state index >= 15 is 0 Å². The highest BCUT2D eigenvalue weighted by Gasteiger charge is 2.31. The maximum Gasteiger partial charge on any atom is 0.244 e. The van der Waals surface area contributed by atoms with Gasteiger partial charge in [-0.3, -0.25) is 4.79 Å². The lowest BCUT2D eigenvalue weighted by Gasteiger charge is -2.17. The van der Waals surface area contributed by atoms with Gasteiger partial charge in [0.1, 0.15) is 5.75 Å². The van der Waals surface area contributed by atoms with Gasteiger partial charge in [0.05, 0.1) is 19.3 Å². The number of hydrogen-bond acceptors (Lipinski definition) is 3. The van der Waals surface area contributed by atoms with Gasteiger partial charge in [-0.2, -0.15) is 0 Å². The van der Waals surface area contributed by atoms with Crippen molar-refractivity contribution in [2.24, 2.45) is 0 Å². The first-order valence-electron chi connectivity index (χ1n) is 7.98. The smallest absolute Gasteiger partial charge is 0.244 e. The van der Waals surface area contributed by atoms with Crippen LogP contribution in [-0.4, -0.2) is 24.2 Å². The molecule has 2 N–H and O–H groups in total. The van der Waals surface area contributed by atoms with Crippen molar-refractivity contribution in [2.75, 3.05) is 7.11 Å². The molecular formula is C20H21NO3. The number of hydrogen-bond donors (Lipinski definition) is 2. The van der Waals surface area contributed by atoms with E-state index in [0.29, 0.717) is 6.42 Å². The normalized spacial score (nSPS) is 19.7. The minimum atomic E-state index is -0.591. The maximum absolute atomic E-state index is 12.4. The van der Waals surface area contributed by atoms with Gasteiger partial charge in [-0.05, 0) is 29.7 Å². The van der Waals surface area contributed by atoms with Crippen LogP contribution in [0.4, 0.5) is 0 Å². The molecule has 1 aliphatic carbocycles. The van der Waals surface area contributed by atoms with Crippen LogP contribution in [0.3, 0.4) is 0 Å². The number of amides is 1. The average molecular weight is 323 g/mol. The predicted octanol–water partition coefficient (Wildman–Crippen LogP) is 2.87. The number of ether oxygens (including phenoxy) is 1. The fourth-order valence-corrected chi connectivity index (χ4v) is 3.19. The van der Waals surface area contributed by atoms with Gasteiger partial charge in [0.15, 0.2) is 0 Å². The standard InChI is InChI=1S/C20H21NO3/c1-13(15-8-5-6-10-18(15)24-2)11-19(23)21-20-16-9-4-3-7-14(16)12-17(20)22/h3-11,17,20,22H,12H2,1-2H3,(H,21,23)/b13-11+/t17-,20+/m1/s1. The van der Waals surface area contributed by atoms with E-state index in [1.807, 2.05) is 55.5 Å². The molecule has 124 valence electrons. The van der Waals surface area contributed by atoms with Crippen molar-refractivity contribution < 1.29 is 14.6 Å². The largest absolute Gasteiger partial charge is 0.496 e. The summed E-state index contributed by atoms with van der Waals surface area (Å²) < 4.78 is 5.33. The van der Waals surface area contributed by atoms with Crippen molar-refractivity contribution in [1.29, 1.82) is 0 Å². The third-order valence-electron chi connectivity index (χ3n) is 4.38. The third kappa shape index (κ3) is 3.19. The first-order valence-corrected chi connectivity index (χ1v) is 7.98. The Labute approximate surface area is 141 Å². The number of carbonyl (C=O) groups excluding carboxylic acids is 1. The van der Waals surface area contributed by atoms with Crippen molar-refractivity contribution in [3.63, 3.8) is 0 Å². The monoisotopic (exact) mass is 323 g/mol. The molecule has 0 heterocycles. The third-order valence-corrected chi connectivity index (χ3v) is 4.38. The lowest BCUT2D eigenvalue weighted by Crippen LogP contribution is -2.32. The van der Waals surface area contributed by atoms with Crippen molar-refractivity contribution in [3.8, 4) is 5.75 Å². The summed E-state index contributed by atoms with van der Waals surface area (Å²) in [6.45, 7) is 1.87. The quantitative estimate of drug-likeness (QED) is 0.851. The molecular weight excluding hydrogens is 302 g/mol. The molecule has 0 spiro atoms. The maximum atomic E-state index is 12.4. The van der Waals surface area contributed by atoms with E-state index in [9.17, 15) is 9.90 Å². The fourth-order valence-electron chi connectivity index (χ4n) is 3.19. The Kier molecular flexibility index (Phi) is 4.67. The molecule has 3 rings (SSSR count). The van der Waals surface area contributed by atoms with E-state index in [-0.39, 0.29) is 11.9 Å². The van der Waals surface area contributed by atoms with Crippen LogP contribution in [0.25, 0.3) is 5.57 Å². The number of allylic oxidation sites excluding steroid dienone is 1. The zero-order valence-corrected chi connectivity index (χ0v) is 13.8. The van der Waals surface area contributed by atoms with Crippen LogP contribution < -0.4 is 10.1 Å². The lowest BCUT2D eigenvalue weighted by atomic mass is 10.1. The summed E-state index contributed by atoms with van der Waals surface area (Å²) in [5.74, 6) is 0.504. The van der Waals surface area contributed by atoms with Gasteiger partial charge in [-0.1, -0.05) is 42.5 Å². The fraction of sp³-hybridized carbons (Fsp3) is 0.250. The first kappa shape index (κ1) is 16.3. The zero-order chi connectivity index (χ0) is 17.1. The van der Waals surface area contributed by atoms with Crippen molar-refractivity contribution in [1.82, 2.24) is 5.32 Å². The Morgan fingerprint density at radius 3 is 2.71 bits per heavy atom. The Morgan fingerprint density at radius 1 is 1.21 bits per heavy atom. The van der Waals surface area contributed by atoms with Crippen LogP contribution in [0.2, 0.25) is 0 Å². The van der Waals surface area contributed by atoms with Gasteiger partial charge in [0.25, 0.3) is 0 Å². The molecule has 0 aliphatic heterocycles. The van der Waals surface area contributed by atoms with Gasteiger partial charge >= 0.3 is 0 Å². The molecule has 4 heteroatoms. The molecule has 2 atom stereocenters. The van der Waals surface area contributed by atoms with Gasteiger partial charge in [-0.25, -0.2) is 0 Å². The molecule has 0 saturated heterocycles. The lowest BCUT2D eigenvalue weighted by molar-refractivity contribution is -0.117. The molecule has 24 heavy (non-hydrogen) atoms. The van der Waals surface area contributed by atoms with Gasteiger partial charge in [-0.15, -0.1) is 0 Å². The topological polar surface area (TPSA) is 58.6 Å². The molecule has 0 saturated carbocycles. The predicted molar refractivity (Wildman–Crippen MR) is 93.7 cm³/mol. The van der Waals surface area contributed by atoms with Gasteiger partial charge in [0, 0.05) is 18.1 Å². The summed E-state index contributed by atoms with van der Waals surface area (Å²) in [6, 6.07) is 15.0. The Balaban J connectivity index is 1.78. The molecule has 0 radical (unpaired) electrons. The molecule has 0 bridgehead atoms. The van der Waals surface area contributed by atoms with Gasteiger partial charge < -0.3 is 15.2 Å². The first-order chi connectivity index (χ1) is 11.6. The van der Waals surface area contributed by atoms with Crippen molar-refractivity contribution in [2.45, 2.75) is 25.5 Å². The minimum absolute atomic E-state index is 0.223. The van der Waals surface area contributed by atoms with Gasteiger partial charge in [0.2, 0.25) is 5.91 Å². The number of rotatable bonds is 4. The molecule has 0 fully saturated rings. The second-order valence-corrected chi connectivity index (χ2v) is 5.98. The second kappa shape index (κ2) is 6.89. The Bertz CT molecular complexity index is 782. The summed E-state index contributed by atoms with van der Waals surface area (Å²) >= 11 is 0. The SMILES string of the molecule is COc1ccccc1/C(C)=C/C(=O)N[C@H]1c2ccccc2C[C@H]1O. The highest BCUT2D eigenvalue weighted by molar-refractivity contribution is 5.95. The number of fused-ring (bicyclic) bond motifs is 1. The van der Waals surface area contributed by atoms with Crippen LogP contribution in [0, 0.1) is 0 Å². The number of aliphatic hydroxyl groups excluding tert-OH is 1. The van der Waals surface area contributed by atoms with Crippen LogP contribution in [0.1, 0.15) is 29.7 Å². The second-order valence-electron chi connectivity index (χ2n) is 5.98. The van der Waals surface area contributed by atoms with Crippen LogP contribution in [0.5, 0.6) is 5.75 Å². The number of benzene rings is 2. The summed E-state index contributed by atoms with van der Waals surface area (Å²) in [4.78, 5) is 12.4. The molecule has 0 aromatic heterocycles. The van der Waals surface area contributed by atoms with Crippen LogP contribution in [0.15, 0.2) is 54.6 Å². The van der Waals surface area contributed by atoms with Crippen molar-refractivity contribution >= 4 is 11.5 Å². The summed E-state index contributed by atoms with van der Waals surface area (Å²) in [5.41, 5.74) is 3.76. The highest BCUT2D eigenvalue weighted by Crippen LogP contribution is 2.31. The van der Waals surface area contributed by atoms with E-state index in [1.54, 1.807) is 13.2 Å². The number of carbonyl (C=O) groups is 1. The van der Waals surface area contributed by atoms with Crippen LogP contribution in [-0.2, 0) is 11.2 Å². The summed E-state index contributed by atoms with van der Waals surface area (Å²) in [6.07, 6.45) is 1.52. The number of para-hydroxylation sites is 1. The minimum Gasteiger partial charge on any atom is -0.496 e. The molecule has 0 unspecified atom stereocenters. The van der Waals surface area contributed by atoms with Crippen LogP contribution >= 0.6 is 0 Å². The van der Waals surface area contributed by atoms with E-state index in [1.165, 1.54) is 0 Å².